The maximum Gasteiger partial charge on any atom is 0.259 e. The van der Waals surface area contributed by atoms with Crippen LogP contribution in [0.4, 0.5) is 13.2 Å². The van der Waals surface area contributed by atoms with E-state index in [2.05, 4.69) is 12.1 Å². The Morgan fingerprint density at radius 3 is 2.37 bits per heavy atom. The molecule has 1 aliphatic rings. The number of hydrogen-bond donors (Lipinski definition) is 0. The van der Waals surface area contributed by atoms with Crippen LogP contribution in [0.1, 0.15) is 46.5 Å². The quantitative estimate of drug-likeness (QED) is 0.374. The number of nitrogens with zero attached hydrogens (tertiary/aromatic N) is 1. The average molecular weight is 546 g/mol. The van der Waals surface area contributed by atoms with Gasteiger partial charge in [0.05, 0.1) is 6.54 Å². The van der Waals surface area contributed by atoms with Crippen LogP contribution in [-0.4, -0.2) is 44.1 Å². The third-order valence-corrected chi connectivity index (χ3v) is 8.61. The first-order chi connectivity index (χ1) is 17.8. The van der Waals surface area contributed by atoms with Gasteiger partial charge in [-0.2, -0.15) is 0 Å². The number of alkyl halides is 2. The number of carbonyl (C=O) groups excluding carboxylic acids is 1. The van der Waals surface area contributed by atoms with Crippen LogP contribution in [0.2, 0.25) is 0 Å². The smallest absolute Gasteiger partial charge is 0.259 e. The van der Waals surface area contributed by atoms with Gasteiger partial charge >= 0.3 is 0 Å². The van der Waals surface area contributed by atoms with Crippen molar-refractivity contribution in [2.45, 2.75) is 51.5 Å². The molecule has 1 heterocycles. The van der Waals surface area contributed by atoms with E-state index in [1.54, 1.807) is 6.92 Å². The highest BCUT2D eigenvalue weighted by atomic mass is 32.2. The van der Waals surface area contributed by atoms with Gasteiger partial charge in [0.1, 0.15) is 28.8 Å². The molecular formula is C29H30F3NO4S. The molecule has 202 valence electrons. The fourth-order valence-electron chi connectivity index (χ4n) is 4.64. The lowest BCUT2D eigenvalue weighted by Crippen LogP contribution is -2.33. The van der Waals surface area contributed by atoms with Crippen molar-refractivity contribution in [1.82, 2.24) is 4.90 Å². The summed E-state index contributed by atoms with van der Waals surface area (Å²) >= 11 is 0. The fraction of sp³-hybridized carbons (Fsp3) is 0.345. The molecule has 0 spiro atoms. The lowest BCUT2D eigenvalue weighted by atomic mass is 9.98. The number of aryl methyl sites for hydroxylation is 2. The number of rotatable bonds is 6. The van der Waals surface area contributed by atoms with Crippen molar-refractivity contribution in [3.8, 4) is 16.9 Å². The molecule has 38 heavy (non-hydrogen) atoms. The van der Waals surface area contributed by atoms with Gasteiger partial charge in [0, 0.05) is 30.2 Å². The number of halogens is 3. The van der Waals surface area contributed by atoms with Crippen LogP contribution in [-0.2, 0) is 22.8 Å². The predicted molar refractivity (Wildman–Crippen MR) is 140 cm³/mol. The van der Waals surface area contributed by atoms with Gasteiger partial charge in [0.15, 0.2) is 9.84 Å². The van der Waals surface area contributed by atoms with E-state index < -0.39 is 38.1 Å². The molecule has 3 aromatic rings. The van der Waals surface area contributed by atoms with Gasteiger partial charge in [-0.3, -0.25) is 4.79 Å². The molecule has 0 aliphatic carbocycles. The number of hydrogen-bond acceptors (Lipinski definition) is 4. The molecule has 0 bridgehead atoms. The van der Waals surface area contributed by atoms with E-state index in [9.17, 15) is 22.0 Å². The topological polar surface area (TPSA) is 63.7 Å². The summed E-state index contributed by atoms with van der Waals surface area (Å²) in [5.74, 6) is -6.04. The second-order valence-corrected chi connectivity index (χ2v) is 11.7. The molecule has 3 aromatic carbocycles. The summed E-state index contributed by atoms with van der Waals surface area (Å²) < 4.78 is 73.0. The Hall–Kier alpha value is -3.33. The zero-order chi connectivity index (χ0) is 27.8. The van der Waals surface area contributed by atoms with E-state index in [0.717, 1.165) is 28.3 Å². The highest BCUT2D eigenvalue weighted by Crippen LogP contribution is 2.32. The van der Waals surface area contributed by atoms with Crippen molar-refractivity contribution in [2.75, 3.05) is 18.9 Å². The van der Waals surface area contributed by atoms with Gasteiger partial charge in [-0.15, -0.1) is 0 Å². The zero-order valence-corrected chi connectivity index (χ0v) is 22.6. The van der Waals surface area contributed by atoms with Crippen molar-refractivity contribution in [1.29, 1.82) is 0 Å². The van der Waals surface area contributed by atoms with Gasteiger partial charge in [-0.1, -0.05) is 31.2 Å². The van der Waals surface area contributed by atoms with Gasteiger partial charge in [0.25, 0.3) is 11.8 Å². The Morgan fingerprint density at radius 2 is 1.71 bits per heavy atom. The maximum atomic E-state index is 15.3. The molecule has 5 nitrogen and oxygen atoms in total. The van der Waals surface area contributed by atoms with Crippen LogP contribution in [0.3, 0.4) is 0 Å². The van der Waals surface area contributed by atoms with E-state index in [-0.39, 0.29) is 37.2 Å². The second-order valence-electron chi connectivity index (χ2n) is 9.78. The average Bonchev–Trinajstić information content (AvgIpc) is 3.05. The normalized spacial score (nSPS) is 14.0. The van der Waals surface area contributed by atoms with E-state index in [1.165, 1.54) is 16.5 Å². The maximum absolute atomic E-state index is 15.3. The molecule has 0 saturated heterocycles. The van der Waals surface area contributed by atoms with Crippen molar-refractivity contribution >= 4 is 15.7 Å². The number of sulfone groups is 1. The minimum atomic E-state index is -4.60. The summed E-state index contributed by atoms with van der Waals surface area (Å²) in [7, 11) is -4.60. The Bertz CT molecular complexity index is 1500. The Labute approximate surface area is 221 Å². The van der Waals surface area contributed by atoms with E-state index >= 15 is 4.39 Å². The van der Waals surface area contributed by atoms with E-state index in [1.807, 2.05) is 38.1 Å². The molecule has 1 aliphatic heterocycles. The fourth-order valence-corrected chi connectivity index (χ4v) is 6.13. The second kappa shape index (κ2) is 10.4. The first kappa shape index (κ1) is 27.7. The Balaban J connectivity index is 1.67. The molecule has 0 fully saturated rings. The summed E-state index contributed by atoms with van der Waals surface area (Å²) in [4.78, 5) is 14.3. The summed E-state index contributed by atoms with van der Waals surface area (Å²) in [5.41, 5.74) is 5.01. The van der Waals surface area contributed by atoms with Gasteiger partial charge in [-0.05, 0) is 66.8 Å². The van der Waals surface area contributed by atoms with Gasteiger partial charge in [0.2, 0.25) is 0 Å². The van der Waals surface area contributed by atoms with Crippen LogP contribution in [0.5, 0.6) is 5.75 Å². The van der Waals surface area contributed by atoms with Crippen molar-refractivity contribution in [3.05, 3.63) is 82.2 Å². The summed E-state index contributed by atoms with van der Waals surface area (Å²) in [6.07, 6.45) is 0.0106. The lowest BCUT2D eigenvalue weighted by molar-refractivity contribution is 0.0473. The molecule has 9 heteroatoms. The number of carbonyl (C=O) groups is 1. The summed E-state index contributed by atoms with van der Waals surface area (Å²) in [5, 5.41) is 0. The van der Waals surface area contributed by atoms with Gasteiger partial charge in [-0.25, -0.2) is 21.6 Å². The van der Waals surface area contributed by atoms with Crippen molar-refractivity contribution in [2.24, 2.45) is 0 Å². The SMILES string of the molecule is CCc1c(C(=O)N2CCOc3ccc(-c4ccc(C)c(C)c4)cc3C2)ccc(S(=O)(=O)CC(C)(F)F)c1F. The largest absolute Gasteiger partial charge is 0.491 e. The summed E-state index contributed by atoms with van der Waals surface area (Å²) in [6.45, 7) is 6.80. The van der Waals surface area contributed by atoms with Crippen LogP contribution in [0.15, 0.2) is 53.4 Å². The Morgan fingerprint density at radius 1 is 1.03 bits per heavy atom. The standard InChI is InChI=1S/C29H30F3NO4S/c1-5-23-24(9-11-26(27(23)30)38(35,36)17-29(4,31)32)28(34)33-12-13-37-25-10-8-21(15-22(25)16-33)20-7-6-18(2)19(3)14-20/h6-11,14-15H,5,12-13,16-17H2,1-4H3. The number of ether oxygens (including phenoxy) is 1. The molecule has 0 unspecified atom stereocenters. The van der Waals surface area contributed by atoms with Crippen LogP contribution >= 0.6 is 0 Å². The molecular weight excluding hydrogens is 515 g/mol. The molecule has 0 saturated carbocycles. The lowest BCUT2D eigenvalue weighted by Gasteiger charge is -2.22. The first-order valence-corrected chi connectivity index (χ1v) is 14.0. The third kappa shape index (κ3) is 5.72. The minimum absolute atomic E-state index is 0.000901. The summed E-state index contributed by atoms with van der Waals surface area (Å²) in [6, 6.07) is 14.1. The van der Waals surface area contributed by atoms with Gasteiger partial charge < -0.3 is 9.64 Å². The van der Waals surface area contributed by atoms with Crippen LogP contribution in [0.25, 0.3) is 11.1 Å². The van der Waals surface area contributed by atoms with Crippen LogP contribution in [0, 0.1) is 19.7 Å². The molecule has 1 amide bonds. The highest BCUT2D eigenvalue weighted by Gasteiger charge is 2.34. The highest BCUT2D eigenvalue weighted by molar-refractivity contribution is 7.91. The molecule has 0 radical (unpaired) electrons. The predicted octanol–water partition coefficient (Wildman–Crippen LogP) is 6.14. The molecule has 0 N–H and O–H groups in total. The third-order valence-electron chi connectivity index (χ3n) is 6.74. The van der Waals surface area contributed by atoms with Crippen LogP contribution < -0.4 is 4.74 Å². The van der Waals surface area contributed by atoms with E-state index in [0.29, 0.717) is 12.7 Å². The zero-order valence-electron chi connectivity index (χ0n) is 21.8. The molecule has 4 rings (SSSR count). The monoisotopic (exact) mass is 545 g/mol. The molecule has 0 atom stereocenters. The van der Waals surface area contributed by atoms with Crippen molar-refractivity contribution < 1.29 is 31.1 Å². The Kier molecular flexibility index (Phi) is 7.61. The molecule has 0 aromatic heterocycles. The van der Waals surface area contributed by atoms with Crippen molar-refractivity contribution in [3.63, 3.8) is 0 Å². The van der Waals surface area contributed by atoms with E-state index in [4.69, 9.17) is 4.74 Å². The first-order valence-electron chi connectivity index (χ1n) is 12.4. The number of benzene rings is 3. The number of fused-ring (bicyclic) bond motifs is 1. The minimum Gasteiger partial charge on any atom is -0.491 e. The number of amides is 1.